The average molecular weight is 299 g/mol. The van der Waals surface area contributed by atoms with E-state index in [-0.39, 0.29) is 6.29 Å². The molecule has 0 aliphatic heterocycles. The summed E-state index contributed by atoms with van der Waals surface area (Å²) in [5.74, 6) is 1.51. The van der Waals surface area contributed by atoms with E-state index in [0.29, 0.717) is 25.4 Å². The second kappa shape index (κ2) is 17.5. The van der Waals surface area contributed by atoms with Crippen LogP contribution in [0.15, 0.2) is 0 Å². The van der Waals surface area contributed by atoms with E-state index < -0.39 is 0 Å². The summed E-state index contributed by atoms with van der Waals surface area (Å²) in [5, 5.41) is 8.58. The second-order valence-electron chi connectivity index (χ2n) is 5.67. The molecule has 3 nitrogen and oxygen atoms in total. The lowest BCUT2D eigenvalue weighted by atomic mass is 9.98. The van der Waals surface area contributed by atoms with Crippen LogP contribution in [-0.4, -0.2) is 19.5 Å². The molecule has 0 aromatic carbocycles. The fourth-order valence-corrected chi connectivity index (χ4v) is 2.00. The van der Waals surface area contributed by atoms with Gasteiger partial charge in [-0.3, -0.25) is 0 Å². The van der Waals surface area contributed by atoms with Crippen molar-refractivity contribution in [2.24, 2.45) is 11.8 Å². The van der Waals surface area contributed by atoms with Gasteiger partial charge in [0.2, 0.25) is 0 Å². The van der Waals surface area contributed by atoms with Crippen LogP contribution in [0.5, 0.6) is 0 Å². The van der Waals surface area contributed by atoms with Gasteiger partial charge in [-0.05, 0) is 25.2 Å². The van der Waals surface area contributed by atoms with E-state index >= 15 is 0 Å². The number of ether oxygens (including phenoxy) is 2. The molecule has 0 aromatic rings. The van der Waals surface area contributed by atoms with Gasteiger partial charge in [0.05, 0.1) is 6.07 Å². The quantitative estimate of drug-likeness (QED) is 0.444. The largest absolute Gasteiger partial charge is 0.353 e. The zero-order valence-corrected chi connectivity index (χ0v) is 15.2. The molecule has 126 valence electrons. The highest BCUT2D eigenvalue weighted by Gasteiger charge is 2.09. The highest BCUT2D eigenvalue weighted by molar-refractivity contribution is 4.69. The van der Waals surface area contributed by atoms with Crippen LogP contribution in [0.4, 0.5) is 0 Å². The van der Waals surface area contributed by atoms with Gasteiger partial charge in [0.1, 0.15) is 0 Å². The Bertz CT molecular complexity index is 236. The zero-order chi connectivity index (χ0) is 16.5. The molecule has 0 aliphatic carbocycles. The molecule has 0 saturated carbocycles. The molecule has 0 aromatic heterocycles. The first-order valence-corrected chi connectivity index (χ1v) is 8.70. The predicted molar refractivity (Wildman–Crippen MR) is 90.0 cm³/mol. The Morgan fingerprint density at radius 3 is 2.14 bits per heavy atom. The molecule has 0 bridgehead atoms. The lowest BCUT2D eigenvalue weighted by Crippen LogP contribution is -2.18. The van der Waals surface area contributed by atoms with Crippen molar-refractivity contribution in [3.8, 4) is 6.07 Å². The van der Waals surface area contributed by atoms with E-state index in [1.807, 2.05) is 20.8 Å². The number of rotatable bonds is 12. The minimum Gasteiger partial charge on any atom is -0.353 e. The molecule has 0 saturated heterocycles. The van der Waals surface area contributed by atoms with E-state index in [4.69, 9.17) is 14.7 Å². The monoisotopic (exact) mass is 299 g/mol. The third-order valence-electron chi connectivity index (χ3n) is 3.24. The fraction of sp³-hybridized carbons (Fsp3) is 0.944. The normalized spacial score (nSPS) is 13.2. The van der Waals surface area contributed by atoms with Crippen molar-refractivity contribution in [2.45, 2.75) is 86.4 Å². The first kappa shape index (κ1) is 22.7. The minimum atomic E-state index is -0.201. The molecule has 0 amide bonds. The van der Waals surface area contributed by atoms with Crippen molar-refractivity contribution in [3.63, 3.8) is 0 Å². The third-order valence-corrected chi connectivity index (χ3v) is 3.24. The summed E-state index contributed by atoms with van der Waals surface area (Å²) in [7, 11) is 0. The van der Waals surface area contributed by atoms with Crippen molar-refractivity contribution in [1.82, 2.24) is 0 Å². The summed E-state index contributed by atoms with van der Waals surface area (Å²) in [6, 6.07) is 2.13. The Morgan fingerprint density at radius 1 is 0.952 bits per heavy atom. The Hall–Kier alpha value is -0.590. The molecular formula is C18H37NO2. The van der Waals surface area contributed by atoms with Crippen LogP contribution >= 0.6 is 0 Å². The molecule has 0 radical (unpaired) electrons. The fourth-order valence-electron chi connectivity index (χ4n) is 2.00. The SMILES string of the molecule is CC.CCOC(CCC#N)OCCC(C)CCCC(C)C. The van der Waals surface area contributed by atoms with E-state index in [1.54, 1.807) is 0 Å². The Labute approximate surface area is 133 Å². The summed E-state index contributed by atoms with van der Waals surface area (Å²) in [4.78, 5) is 0. The molecule has 0 rings (SSSR count). The summed E-state index contributed by atoms with van der Waals surface area (Å²) in [5.41, 5.74) is 0. The van der Waals surface area contributed by atoms with Gasteiger partial charge in [-0.2, -0.15) is 5.26 Å². The maximum Gasteiger partial charge on any atom is 0.158 e. The van der Waals surface area contributed by atoms with Crippen LogP contribution in [0, 0.1) is 23.2 Å². The maximum atomic E-state index is 8.58. The van der Waals surface area contributed by atoms with E-state index in [1.165, 1.54) is 19.3 Å². The van der Waals surface area contributed by atoms with Crippen LogP contribution < -0.4 is 0 Å². The second-order valence-corrected chi connectivity index (χ2v) is 5.67. The molecule has 0 fully saturated rings. The van der Waals surface area contributed by atoms with Gasteiger partial charge >= 0.3 is 0 Å². The first-order valence-electron chi connectivity index (χ1n) is 8.70. The van der Waals surface area contributed by atoms with Crippen LogP contribution in [0.3, 0.4) is 0 Å². The van der Waals surface area contributed by atoms with Crippen LogP contribution in [-0.2, 0) is 9.47 Å². The molecule has 0 N–H and O–H groups in total. The number of hydrogen-bond acceptors (Lipinski definition) is 3. The van der Waals surface area contributed by atoms with Gasteiger partial charge in [-0.25, -0.2) is 0 Å². The topological polar surface area (TPSA) is 42.2 Å². The number of hydrogen-bond donors (Lipinski definition) is 0. The highest BCUT2D eigenvalue weighted by Crippen LogP contribution is 2.16. The molecule has 0 heterocycles. The maximum absolute atomic E-state index is 8.58. The summed E-state index contributed by atoms with van der Waals surface area (Å²) in [6.07, 6.45) is 5.94. The smallest absolute Gasteiger partial charge is 0.158 e. The number of nitriles is 1. The van der Waals surface area contributed by atoms with Crippen molar-refractivity contribution < 1.29 is 9.47 Å². The molecule has 2 unspecified atom stereocenters. The van der Waals surface area contributed by atoms with Crippen LogP contribution in [0.1, 0.15) is 80.1 Å². The summed E-state index contributed by atoms with van der Waals surface area (Å²) < 4.78 is 11.2. The van der Waals surface area contributed by atoms with Gasteiger partial charge in [0.25, 0.3) is 0 Å². The Morgan fingerprint density at radius 2 is 1.62 bits per heavy atom. The van der Waals surface area contributed by atoms with E-state index in [9.17, 15) is 0 Å². The van der Waals surface area contributed by atoms with Crippen molar-refractivity contribution in [2.75, 3.05) is 13.2 Å². The average Bonchev–Trinajstić information content (AvgIpc) is 2.46. The molecule has 0 aliphatic rings. The van der Waals surface area contributed by atoms with Crippen molar-refractivity contribution in [1.29, 1.82) is 5.26 Å². The lowest BCUT2D eigenvalue weighted by Gasteiger charge is -2.18. The van der Waals surface area contributed by atoms with Gasteiger partial charge < -0.3 is 9.47 Å². The Kier molecular flexibility index (Phi) is 18.9. The van der Waals surface area contributed by atoms with Crippen molar-refractivity contribution in [3.05, 3.63) is 0 Å². The molecule has 0 spiro atoms. The summed E-state index contributed by atoms with van der Waals surface area (Å²) >= 11 is 0. The van der Waals surface area contributed by atoms with Gasteiger partial charge in [-0.15, -0.1) is 0 Å². The minimum absolute atomic E-state index is 0.201. The first-order chi connectivity index (χ1) is 10.1. The predicted octanol–water partition coefficient (Wildman–Crippen LogP) is 5.55. The zero-order valence-electron chi connectivity index (χ0n) is 15.2. The molecule has 3 heteroatoms. The molecular weight excluding hydrogens is 262 g/mol. The molecule has 21 heavy (non-hydrogen) atoms. The Balaban J connectivity index is 0. The van der Waals surface area contributed by atoms with Crippen LogP contribution in [0.2, 0.25) is 0 Å². The van der Waals surface area contributed by atoms with Crippen LogP contribution in [0.25, 0.3) is 0 Å². The lowest BCUT2D eigenvalue weighted by molar-refractivity contribution is -0.143. The van der Waals surface area contributed by atoms with Gasteiger partial charge in [-0.1, -0.05) is 53.9 Å². The van der Waals surface area contributed by atoms with Gasteiger partial charge in [0.15, 0.2) is 6.29 Å². The number of nitrogens with zero attached hydrogens (tertiary/aromatic N) is 1. The van der Waals surface area contributed by atoms with E-state index in [0.717, 1.165) is 18.9 Å². The molecule has 2 atom stereocenters. The van der Waals surface area contributed by atoms with Crippen molar-refractivity contribution >= 4 is 0 Å². The third kappa shape index (κ3) is 17.4. The summed E-state index contributed by atoms with van der Waals surface area (Å²) in [6.45, 7) is 14.2. The highest BCUT2D eigenvalue weighted by atomic mass is 16.7. The van der Waals surface area contributed by atoms with Gasteiger partial charge in [0, 0.05) is 26.1 Å². The van der Waals surface area contributed by atoms with E-state index in [2.05, 4.69) is 26.8 Å². The standard InChI is InChI=1S/C16H31NO2.C2H6/c1-5-18-16(10-7-12-17)19-13-11-15(4)9-6-8-14(2)3;1-2/h14-16H,5-11,13H2,1-4H3;1-2H3.